The maximum atomic E-state index is 9.17. The van der Waals surface area contributed by atoms with Gasteiger partial charge in [-0.2, -0.15) is 9.64 Å². The van der Waals surface area contributed by atoms with Crippen molar-refractivity contribution in [3.05, 3.63) is 5.56 Å². The zero-order valence-electron chi connectivity index (χ0n) is 11.1. The average Bonchev–Trinajstić information content (AvgIpc) is 2.75. The van der Waals surface area contributed by atoms with E-state index in [-0.39, 0.29) is 0 Å². The van der Waals surface area contributed by atoms with Gasteiger partial charge in [0.25, 0.3) is 0 Å². The number of methoxy groups -OCH3 is 1. The fraction of sp³-hybridized carbons (Fsp3) is 0.667. The molecule has 1 rings (SSSR count). The van der Waals surface area contributed by atoms with Crippen LogP contribution in [-0.4, -0.2) is 30.7 Å². The summed E-state index contributed by atoms with van der Waals surface area (Å²) in [4.78, 5) is 2.19. The van der Waals surface area contributed by atoms with Gasteiger partial charge >= 0.3 is 0 Å². The Morgan fingerprint density at radius 1 is 1.50 bits per heavy atom. The Kier molecular flexibility index (Phi) is 5.89. The van der Waals surface area contributed by atoms with E-state index in [4.69, 9.17) is 15.7 Å². The molecule has 0 amide bonds. The van der Waals surface area contributed by atoms with E-state index >= 15 is 0 Å². The highest BCUT2D eigenvalue weighted by Gasteiger charge is 2.22. The van der Waals surface area contributed by atoms with Crippen LogP contribution in [0.25, 0.3) is 0 Å². The molecule has 6 heteroatoms. The molecule has 1 aromatic rings. The van der Waals surface area contributed by atoms with E-state index in [9.17, 15) is 0 Å². The number of nitrogens with zero attached hydrogens (tertiary/aromatic N) is 3. The second-order valence-electron chi connectivity index (χ2n) is 4.02. The fourth-order valence-corrected chi connectivity index (χ4v) is 2.83. The summed E-state index contributed by atoms with van der Waals surface area (Å²) in [6, 6.07) is 2.53. The first-order valence-corrected chi connectivity index (χ1v) is 6.87. The number of rotatable bonds is 7. The molecule has 0 aliphatic heterocycles. The lowest BCUT2D eigenvalue weighted by Crippen LogP contribution is -2.37. The predicted molar refractivity (Wildman–Crippen MR) is 74.8 cm³/mol. The molecule has 1 heterocycles. The lowest BCUT2D eigenvalue weighted by atomic mass is 10.1. The molecule has 0 radical (unpaired) electrons. The zero-order valence-corrected chi connectivity index (χ0v) is 12.0. The minimum atomic E-state index is 0.325. The largest absolute Gasteiger partial charge is 0.383 e. The smallest absolute Gasteiger partial charge is 0.157 e. The summed E-state index contributed by atoms with van der Waals surface area (Å²) in [5.41, 5.74) is 6.21. The molecule has 5 nitrogen and oxygen atoms in total. The van der Waals surface area contributed by atoms with Crippen LogP contribution in [0, 0.1) is 11.3 Å². The molecule has 0 aliphatic carbocycles. The van der Waals surface area contributed by atoms with E-state index in [2.05, 4.69) is 29.2 Å². The van der Waals surface area contributed by atoms with Crippen molar-refractivity contribution in [2.24, 2.45) is 0 Å². The summed E-state index contributed by atoms with van der Waals surface area (Å²) in [6.07, 6.45) is 2.03. The van der Waals surface area contributed by atoms with Crippen molar-refractivity contribution in [1.29, 1.82) is 5.26 Å². The van der Waals surface area contributed by atoms with E-state index in [1.54, 1.807) is 7.11 Å². The topological polar surface area (TPSA) is 75.2 Å². The number of nitrogens with two attached hydrogens (primary N) is 1. The van der Waals surface area contributed by atoms with Gasteiger partial charge in [0.05, 0.1) is 6.61 Å². The Bertz CT molecular complexity index is 409. The molecule has 0 bridgehead atoms. The van der Waals surface area contributed by atoms with Crippen molar-refractivity contribution in [3.8, 4) is 6.07 Å². The van der Waals surface area contributed by atoms with E-state index in [0.717, 1.165) is 24.4 Å². The molecule has 100 valence electrons. The molecule has 1 aromatic heterocycles. The Labute approximate surface area is 112 Å². The molecule has 0 aliphatic rings. The minimum Gasteiger partial charge on any atom is -0.383 e. The van der Waals surface area contributed by atoms with Crippen LogP contribution in [0.4, 0.5) is 10.8 Å². The first kappa shape index (κ1) is 14.7. The minimum absolute atomic E-state index is 0.325. The van der Waals surface area contributed by atoms with E-state index in [0.29, 0.717) is 24.0 Å². The molecular weight excluding hydrogens is 248 g/mol. The lowest BCUT2D eigenvalue weighted by molar-refractivity contribution is 0.202. The number of nitriles is 1. The van der Waals surface area contributed by atoms with Crippen molar-refractivity contribution in [2.45, 2.75) is 32.7 Å². The maximum absolute atomic E-state index is 9.17. The van der Waals surface area contributed by atoms with Crippen LogP contribution in [-0.2, 0) is 4.74 Å². The monoisotopic (exact) mass is 268 g/mol. The van der Waals surface area contributed by atoms with Gasteiger partial charge in [-0.15, -0.1) is 0 Å². The Morgan fingerprint density at radius 3 is 2.67 bits per heavy atom. The maximum Gasteiger partial charge on any atom is 0.157 e. The van der Waals surface area contributed by atoms with Crippen molar-refractivity contribution in [2.75, 3.05) is 30.9 Å². The Balaban J connectivity index is 3.04. The number of ether oxygens (including phenoxy) is 1. The Hall–Kier alpha value is -1.32. The highest BCUT2D eigenvalue weighted by molar-refractivity contribution is 7.10. The van der Waals surface area contributed by atoms with Gasteiger partial charge in [-0.3, -0.25) is 0 Å². The Morgan fingerprint density at radius 2 is 2.17 bits per heavy atom. The molecule has 18 heavy (non-hydrogen) atoms. The first-order chi connectivity index (χ1) is 8.69. The first-order valence-electron chi connectivity index (χ1n) is 6.10. The van der Waals surface area contributed by atoms with Crippen LogP contribution in [0.1, 0.15) is 32.3 Å². The molecule has 0 saturated carbocycles. The molecule has 0 unspecified atom stereocenters. The van der Waals surface area contributed by atoms with Gasteiger partial charge in [0, 0.05) is 19.7 Å². The molecular formula is C12H20N4OS. The van der Waals surface area contributed by atoms with E-state index in [1.807, 2.05) is 0 Å². The number of aromatic nitrogens is 1. The van der Waals surface area contributed by atoms with Crippen LogP contribution < -0.4 is 10.6 Å². The van der Waals surface area contributed by atoms with Gasteiger partial charge in [0.15, 0.2) is 5.82 Å². The predicted octanol–water partition coefficient (Wildman–Crippen LogP) is 2.24. The number of hydrogen-bond acceptors (Lipinski definition) is 6. The van der Waals surface area contributed by atoms with Crippen LogP contribution in [0.5, 0.6) is 0 Å². The van der Waals surface area contributed by atoms with Crippen molar-refractivity contribution < 1.29 is 4.74 Å². The quantitative estimate of drug-likeness (QED) is 0.820. The molecule has 0 spiro atoms. The molecule has 0 saturated heterocycles. The van der Waals surface area contributed by atoms with Gasteiger partial charge in [-0.25, -0.2) is 0 Å². The fourth-order valence-electron chi connectivity index (χ4n) is 1.96. The summed E-state index contributed by atoms with van der Waals surface area (Å²) >= 11 is 1.29. The summed E-state index contributed by atoms with van der Waals surface area (Å²) in [5, 5.41) is 10.0. The molecule has 2 N–H and O–H groups in total. The van der Waals surface area contributed by atoms with Gasteiger partial charge in [-0.05, 0) is 24.4 Å². The molecule has 0 aromatic carbocycles. The highest BCUT2D eigenvalue weighted by Crippen LogP contribution is 2.32. The van der Waals surface area contributed by atoms with Gasteiger partial charge in [0.1, 0.15) is 16.6 Å². The van der Waals surface area contributed by atoms with Gasteiger partial charge < -0.3 is 15.4 Å². The summed E-state index contributed by atoms with van der Waals surface area (Å²) < 4.78 is 9.22. The van der Waals surface area contributed by atoms with Crippen LogP contribution >= 0.6 is 11.5 Å². The number of hydrogen-bond donors (Lipinski definition) is 1. The normalized spacial score (nSPS) is 10.6. The molecule has 0 atom stereocenters. The third-order valence-electron chi connectivity index (χ3n) is 2.99. The second-order valence-corrected chi connectivity index (χ2v) is 4.77. The van der Waals surface area contributed by atoms with E-state index in [1.165, 1.54) is 11.5 Å². The van der Waals surface area contributed by atoms with Crippen molar-refractivity contribution in [1.82, 2.24) is 4.37 Å². The van der Waals surface area contributed by atoms with Crippen LogP contribution in [0.3, 0.4) is 0 Å². The lowest BCUT2D eigenvalue weighted by Gasteiger charge is -2.31. The number of anilines is 2. The SMILES string of the molecule is CCC(CC)N(CCOC)c1snc(N)c1C#N. The number of nitrogen functional groups attached to an aromatic ring is 1. The van der Waals surface area contributed by atoms with Crippen LogP contribution in [0.2, 0.25) is 0 Å². The van der Waals surface area contributed by atoms with Crippen molar-refractivity contribution in [3.63, 3.8) is 0 Å². The summed E-state index contributed by atoms with van der Waals surface area (Å²) in [5.74, 6) is 0.325. The van der Waals surface area contributed by atoms with E-state index < -0.39 is 0 Å². The van der Waals surface area contributed by atoms with Gasteiger partial charge in [-0.1, -0.05) is 13.8 Å². The van der Waals surface area contributed by atoms with Gasteiger partial charge in [0.2, 0.25) is 0 Å². The van der Waals surface area contributed by atoms with Crippen molar-refractivity contribution >= 4 is 22.4 Å². The second kappa shape index (κ2) is 7.19. The molecule has 0 fully saturated rings. The van der Waals surface area contributed by atoms with Crippen LogP contribution in [0.15, 0.2) is 0 Å². The third kappa shape index (κ3) is 3.12. The highest BCUT2D eigenvalue weighted by atomic mass is 32.1. The summed E-state index contributed by atoms with van der Waals surface area (Å²) in [7, 11) is 1.68. The zero-order chi connectivity index (χ0) is 13.5. The standard InChI is InChI=1S/C12H20N4OS/c1-4-9(5-2)16(6-7-17-3)12-10(8-13)11(14)15-18-12/h9H,4-7H2,1-3H3,(H2,14,15). The average molecular weight is 268 g/mol. The third-order valence-corrected chi connectivity index (χ3v) is 3.89. The summed E-state index contributed by atoms with van der Waals surface area (Å²) in [6.45, 7) is 5.66.